The number of nitrogens with zero attached hydrogens (tertiary/aromatic N) is 2. The zero-order valence-corrected chi connectivity index (χ0v) is 8.24. The van der Waals surface area contributed by atoms with Gasteiger partial charge in [0.05, 0.1) is 22.1 Å². The van der Waals surface area contributed by atoms with Gasteiger partial charge < -0.3 is 0 Å². The Bertz CT molecular complexity index is 378. The third-order valence-corrected chi connectivity index (χ3v) is 2.23. The third kappa shape index (κ3) is 2.28. The number of hydrogen-bond acceptors (Lipinski definition) is 3. The Hall–Kier alpha value is -0.980. The second-order valence-electron chi connectivity index (χ2n) is 2.60. The second kappa shape index (κ2) is 3.64. The molecule has 1 aromatic rings. The van der Waals surface area contributed by atoms with Gasteiger partial charge in [0.2, 0.25) is 5.16 Å². The summed E-state index contributed by atoms with van der Waals surface area (Å²) < 4.78 is 47.5. The predicted molar refractivity (Wildman–Crippen MR) is 44.1 cm³/mol. The summed E-state index contributed by atoms with van der Waals surface area (Å²) in [5.74, 6) is 0. The molecule has 0 aliphatic rings. The topological polar surface area (TPSA) is 42.9 Å². The molecule has 1 rings (SSSR count). The Kier molecular flexibility index (Phi) is 2.89. The van der Waals surface area contributed by atoms with Gasteiger partial charge in [0.1, 0.15) is 0 Å². The number of alkyl halides is 3. The van der Waals surface area contributed by atoms with E-state index < -0.39 is 22.5 Å². The van der Waals surface area contributed by atoms with Crippen molar-refractivity contribution in [1.82, 2.24) is 9.97 Å². The first-order valence-corrected chi connectivity index (χ1v) is 5.12. The van der Waals surface area contributed by atoms with E-state index in [1.165, 1.54) is 13.2 Å². The van der Waals surface area contributed by atoms with Gasteiger partial charge in [-0.2, -0.15) is 13.2 Å². The van der Waals surface area contributed by atoms with Crippen molar-refractivity contribution in [2.45, 2.75) is 18.3 Å². The van der Waals surface area contributed by atoms with Crippen molar-refractivity contribution in [2.24, 2.45) is 0 Å². The molecule has 0 spiro atoms. The molecule has 0 fully saturated rings. The normalized spacial score (nSPS) is 14.1. The molecular formula is C7H7F3N2OS. The summed E-state index contributed by atoms with van der Waals surface area (Å²) >= 11 is 0. The first-order chi connectivity index (χ1) is 6.32. The van der Waals surface area contributed by atoms with Crippen molar-refractivity contribution in [3.63, 3.8) is 0 Å². The summed E-state index contributed by atoms with van der Waals surface area (Å²) in [6.07, 6.45) is -2.50. The molecule has 0 saturated carbocycles. The molecule has 14 heavy (non-hydrogen) atoms. The van der Waals surface area contributed by atoms with Gasteiger partial charge in [0, 0.05) is 12.5 Å². The maximum absolute atomic E-state index is 12.2. The highest BCUT2D eigenvalue weighted by Gasteiger charge is 2.33. The van der Waals surface area contributed by atoms with Crippen molar-refractivity contribution in [3.05, 3.63) is 17.5 Å². The number of aromatic nitrogens is 2. The fraction of sp³-hybridized carbons (Fsp3) is 0.429. The van der Waals surface area contributed by atoms with E-state index in [0.29, 0.717) is 6.20 Å². The lowest BCUT2D eigenvalue weighted by molar-refractivity contribution is -0.138. The van der Waals surface area contributed by atoms with Crippen LogP contribution in [0.2, 0.25) is 0 Å². The minimum Gasteiger partial charge on any atom is -0.251 e. The molecule has 1 heterocycles. The van der Waals surface area contributed by atoms with E-state index in [4.69, 9.17) is 0 Å². The Morgan fingerprint density at radius 1 is 1.43 bits per heavy atom. The van der Waals surface area contributed by atoms with Gasteiger partial charge in [-0.25, -0.2) is 9.97 Å². The first-order valence-electron chi connectivity index (χ1n) is 3.56. The van der Waals surface area contributed by atoms with Crippen LogP contribution in [0, 0.1) is 6.92 Å². The molecule has 0 aromatic carbocycles. The van der Waals surface area contributed by atoms with Gasteiger partial charge in [0.15, 0.2) is 0 Å². The zero-order chi connectivity index (χ0) is 10.9. The quantitative estimate of drug-likeness (QED) is 0.679. The monoisotopic (exact) mass is 224 g/mol. The largest absolute Gasteiger partial charge is 0.419 e. The van der Waals surface area contributed by atoms with Gasteiger partial charge in [0.25, 0.3) is 0 Å². The van der Waals surface area contributed by atoms with E-state index in [9.17, 15) is 17.4 Å². The van der Waals surface area contributed by atoms with Crippen LogP contribution < -0.4 is 0 Å². The predicted octanol–water partition coefficient (Wildman–Crippen LogP) is 1.54. The van der Waals surface area contributed by atoms with E-state index in [0.717, 1.165) is 0 Å². The maximum Gasteiger partial charge on any atom is 0.419 e. The van der Waals surface area contributed by atoms with Crippen molar-refractivity contribution in [3.8, 4) is 0 Å². The maximum atomic E-state index is 12.2. The van der Waals surface area contributed by atoms with Gasteiger partial charge in [-0.15, -0.1) is 0 Å². The molecule has 0 aliphatic heterocycles. The Morgan fingerprint density at radius 2 is 2.00 bits per heavy atom. The molecule has 7 heteroatoms. The molecule has 0 N–H and O–H groups in total. The summed E-state index contributed by atoms with van der Waals surface area (Å²) in [4.78, 5) is 6.88. The summed E-state index contributed by atoms with van der Waals surface area (Å²) in [6, 6.07) is 0. The molecule has 0 saturated heterocycles. The first kappa shape index (κ1) is 11.1. The van der Waals surface area contributed by atoms with E-state index in [1.54, 1.807) is 0 Å². The number of hydrogen-bond donors (Lipinski definition) is 0. The third-order valence-electron chi connectivity index (χ3n) is 1.52. The van der Waals surface area contributed by atoms with Gasteiger partial charge in [-0.3, -0.25) is 4.21 Å². The minimum atomic E-state index is -4.46. The van der Waals surface area contributed by atoms with Crippen LogP contribution in [0.25, 0.3) is 0 Å². The molecule has 0 aliphatic carbocycles. The Labute approximate surface area is 80.8 Å². The van der Waals surface area contributed by atoms with Gasteiger partial charge in [-0.1, -0.05) is 0 Å². The number of rotatable bonds is 1. The zero-order valence-electron chi connectivity index (χ0n) is 7.42. The molecule has 0 bridgehead atoms. The van der Waals surface area contributed by atoms with E-state index in [2.05, 4.69) is 9.97 Å². The van der Waals surface area contributed by atoms with Crippen LogP contribution in [0.5, 0.6) is 0 Å². The number of aryl methyl sites for hydroxylation is 1. The molecule has 0 amide bonds. The second-order valence-corrected chi connectivity index (χ2v) is 3.88. The summed E-state index contributed by atoms with van der Waals surface area (Å²) in [7, 11) is -1.46. The summed E-state index contributed by atoms with van der Waals surface area (Å²) in [5, 5.41) is -0.0875. The lowest BCUT2D eigenvalue weighted by Crippen LogP contribution is -2.11. The molecule has 1 unspecified atom stereocenters. The van der Waals surface area contributed by atoms with Crippen molar-refractivity contribution in [1.29, 1.82) is 0 Å². The van der Waals surface area contributed by atoms with E-state index in [1.807, 2.05) is 0 Å². The number of halogens is 3. The lowest BCUT2D eigenvalue weighted by Gasteiger charge is -2.08. The van der Waals surface area contributed by atoms with Crippen molar-refractivity contribution < 1.29 is 17.4 Å². The van der Waals surface area contributed by atoms with Crippen LogP contribution in [0.15, 0.2) is 11.4 Å². The van der Waals surface area contributed by atoms with Crippen molar-refractivity contribution >= 4 is 10.8 Å². The summed E-state index contributed by atoms with van der Waals surface area (Å²) in [6.45, 7) is 1.21. The molecule has 3 nitrogen and oxygen atoms in total. The molecule has 1 aromatic heterocycles. The van der Waals surface area contributed by atoms with Gasteiger partial charge in [-0.05, 0) is 6.92 Å². The fourth-order valence-electron chi connectivity index (χ4n) is 0.863. The van der Waals surface area contributed by atoms with Crippen LogP contribution in [-0.2, 0) is 17.0 Å². The van der Waals surface area contributed by atoms with E-state index in [-0.39, 0.29) is 10.9 Å². The van der Waals surface area contributed by atoms with Crippen LogP contribution in [-0.4, -0.2) is 20.4 Å². The lowest BCUT2D eigenvalue weighted by atomic mass is 10.2. The summed E-state index contributed by atoms with van der Waals surface area (Å²) in [5.41, 5.74) is -1.11. The van der Waals surface area contributed by atoms with Gasteiger partial charge >= 0.3 is 6.18 Å². The molecule has 0 radical (unpaired) electrons. The van der Waals surface area contributed by atoms with Crippen LogP contribution in [0.4, 0.5) is 13.2 Å². The minimum absolute atomic E-state index is 0.0875. The van der Waals surface area contributed by atoms with E-state index >= 15 is 0 Å². The smallest absolute Gasteiger partial charge is 0.251 e. The van der Waals surface area contributed by atoms with Crippen LogP contribution >= 0.6 is 0 Å². The Morgan fingerprint density at radius 3 is 2.36 bits per heavy atom. The fourth-order valence-corrected chi connectivity index (χ4v) is 1.33. The average molecular weight is 224 g/mol. The van der Waals surface area contributed by atoms with Crippen LogP contribution in [0.3, 0.4) is 0 Å². The standard InChI is InChI=1S/C7H7F3N2OS/c1-4-5(7(8,9)10)3-11-6(12-4)14(2)13/h3H,1-2H3. The SMILES string of the molecule is Cc1nc(S(C)=O)ncc1C(F)(F)F. The molecule has 1 atom stereocenters. The molecule has 78 valence electrons. The average Bonchev–Trinajstić information content (AvgIpc) is 2.01. The molecular weight excluding hydrogens is 217 g/mol. The van der Waals surface area contributed by atoms with Crippen molar-refractivity contribution in [2.75, 3.05) is 6.26 Å². The Balaban J connectivity index is 3.21. The van der Waals surface area contributed by atoms with Crippen LogP contribution in [0.1, 0.15) is 11.3 Å². The highest BCUT2D eigenvalue weighted by atomic mass is 32.2. The highest BCUT2D eigenvalue weighted by Crippen LogP contribution is 2.30. The highest BCUT2D eigenvalue weighted by molar-refractivity contribution is 7.84.